The first kappa shape index (κ1) is 14.1. The highest BCUT2D eigenvalue weighted by Crippen LogP contribution is 2.20. The number of para-hydroxylation sites is 1. The number of imide groups is 1. The number of aromatic carboxylic acids is 1. The molecule has 0 saturated carbocycles. The van der Waals surface area contributed by atoms with Crippen molar-refractivity contribution in [3.8, 4) is 5.75 Å². The van der Waals surface area contributed by atoms with Crippen LogP contribution in [0.3, 0.4) is 0 Å². The van der Waals surface area contributed by atoms with Gasteiger partial charge in [-0.1, -0.05) is 23.9 Å². The van der Waals surface area contributed by atoms with Gasteiger partial charge in [-0.3, -0.25) is 14.5 Å². The number of nitrogens with zero attached hydrogens (tertiary/aromatic N) is 1. The highest BCUT2D eigenvalue weighted by atomic mass is 32.2. The lowest BCUT2D eigenvalue weighted by Gasteiger charge is -2.12. The summed E-state index contributed by atoms with van der Waals surface area (Å²) >= 11 is 0.805. The summed E-state index contributed by atoms with van der Waals surface area (Å²) in [6.07, 6.45) is 0. The molecule has 1 aromatic carbocycles. The van der Waals surface area contributed by atoms with Gasteiger partial charge in [-0.05, 0) is 12.1 Å². The molecule has 0 aliphatic carbocycles. The largest absolute Gasteiger partial charge is 0.478 e. The lowest BCUT2D eigenvalue weighted by Crippen LogP contribution is -2.35. The maximum Gasteiger partial charge on any atom is 0.339 e. The minimum absolute atomic E-state index is 0.00216. The molecule has 0 bridgehead atoms. The van der Waals surface area contributed by atoms with Crippen LogP contribution in [0.5, 0.6) is 5.75 Å². The zero-order valence-corrected chi connectivity index (χ0v) is 10.9. The molecule has 0 unspecified atom stereocenters. The normalized spacial score (nSPS) is 14.5. The van der Waals surface area contributed by atoms with Gasteiger partial charge in [0.25, 0.3) is 5.24 Å². The summed E-state index contributed by atoms with van der Waals surface area (Å²) in [5.41, 5.74) is -0.172. The van der Waals surface area contributed by atoms with Crippen molar-refractivity contribution in [2.45, 2.75) is 0 Å². The molecule has 104 valence electrons. The van der Waals surface area contributed by atoms with Gasteiger partial charge in [0, 0.05) is 0 Å². The van der Waals surface area contributed by atoms with Crippen molar-refractivity contribution in [2.24, 2.45) is 0 Å². The van der Waals surface area contributed by atoms with E-state index in [0.29, 0.717) is 0 Å². The van der Waals surface area contributed by atoms with E-state index in [2.05, 4.69) is 0 Å². The fraction of sp³-hybridized carbons (Fsp3) is 0.167. The molecule has 1 fully saturated rings. The summed E-state index contributed by atoms with van der Waals surface area (Å²) < 4.78 is 4.89. The first-order chi connectivity index (χ1) is 9.49. The smallest absolute Gasteiger partial charge is 0.339 e. The molecule has 2 rings (SSSR count). The molecule has 8 heteroatoms. The topological polar surface area (TPSA) is 101 Å². The molecular formula is C12H9NO6S. The third-order valence-electron chi connectivity index (χ3n) is 2.47. The molecule has 0 spiro atoms. The fourth-order valence-corrected chi connectivity index (χ4v) is 2.28. The van der Waals surface area contributed by atoms with E-state index in [1.165, 1.54) is 24.3 Å². The second kappa shape index (κ2) is 5.74. The summed E-state index contributed by atoms with van der Waals surface area (Å²) in [5.74, 6) is -2.71. The van der Waals surface area contributed by atoms with Gasteiger partial charge >= 0.3 is 11.9 Å². The average molecular weight is 295 g/mol. The van der Waals surface area contributed by atoms with Crippen LogP contribution in [0.1, 0.15) is 10.4 Å². The number of ether oxygens (including phenoxy) is 1. The molecule has 7 nitrogen and oxygen atoms in total. The minimum Gasteiger partial charge on any atom is -0.478 e. The van der Waals surface area contributed by atoms with E-state index in [0.717, 1.165) is 16.7 Å². The summed E-state index contributed by atoms with van der Waals surface area (Å²) in [6, 6.07) is 5.61. The molecule has 1 saturated heterocycles. The molecule has 2 amide bonds. The van der Waals surface area contributed by atoms with Crippen molar-refractivity contribution in [3.05, 3.63) is 29.8 Å². The average Bonchev–Trinajstić information content (AvgIpc) is 2.71. The number of thioether (sulfide) groups is 1. The fourth-order valence-electron chi connectivity index (χ4n) is 1.55. The number of esters is 1. The van der Waals surface area contributed by atoms with Crippen molar-refractivity contribution in [2.75, 3.05) is 12.3 Å². The van der Waals surface area contributed by atoms with Gasteiger partial charge in [0.15, 0.2) is 0 Å². The third-order valence-corrected chi connectivity index (χ3v) is 3.33. The van der Waals surface area contributed by atoms with Crippen LogP contribution >= 0.6 is 11.8 Å². The van der Waals surface area contributed by atoms with Crippen molar-refractivity contribution in [1.29, 1.82) is 0 Å². The second-order valence-corrected chi connectivity index (χ2v) is 4.74. The predicted octanol–water partition coefficient (Wildman–Crippen LogP) is 0.986. The Morgan fingerprint density at radius 1 is 1.30 bits per heavy atom. The number of benzene rings is 1. The molecule has 0 aromatic heterocycles. The Morgan fingerprint density at radius 3 is 2.60 bits per heavy atom. The maximum atomic E-state index is 11.7. The number of carbonyl (C=O) groups excluding carboxylic acids is 3. The van der Waals surface area contributed by atoms with Gasteiger partial charge in [0.2, 0.25) is 5.91 Å². The number of hydrogen-bond acceptors (Lipinski definition) is 6. The molecular weight excluding hydrogens is 286 g/mol. The number of hydrogen-bond donors (Lipinski definition) is 1. The van der Waals surface area contributed by atoms with Crippen molar-refractivity contribution < 1.29 is 29.0 Å². The lowest BCUT2D eigenvalue weighted by molar-refractivity contribution is -0.139. The van der Waals surface area contributed by atoms with Crippen LogP contribution in [0.15, 0.2) is 24.3 Å². The van der Waals surface area contributed by atoms with Crippen molar-refractivity contribution in [1.82, 2.24) is 4.90 Å². The van der Waals surface area contributed by atoms with Gasteiger partial charge in [-0.2, -0.15) is 0 Å². The Hall–Kier alpha value is -2.35. The molecule has 1 heterocycles. The Morgan fingerprint density at radius 2 is 2.00 bits per heavy atom. The number of rotatable bonds is 4. The van der Waals surface area contributed by atoms with Crippen LogP contribution in [0.2, 0.25) is 0 Å². The van der Waals surface area contributed by atoms with Gasteiger partial charge in [0.1, 0.15) is 17.9 Å². The number of amides is 2. The van der Waals surface area contributed by atoms with Gasteiger partial charge in [-0.25, -0.2) is 9.59 Å². The van der Waals surface area contributed by atoms with Crippen molar-refractivity contribution >= 4 is 34.8 Å². The SMILES string of the molecule is O=C(CN1C(=O)CSC1=O)Oc1ccccc1C(=O)O. The monoisotopic (exact) mass is 295 g/mol. The van der Waals surface area contributed by atoms with Gasteiger partial charge < -0.3 is 9.84 Å². The highest BCUT2D eigenvalue weighted by Gasteiger charge is 2.32. The van der Waals surface area contributed by atoms with E-state index < -0.39 is 29.6 Å². The molecule has 20 heavy (non-hydrogen) atoms. The maximum absolute atomic E-state index is 11.7. The zero-order valence-electron chi connectivity index (χ0n) is 10.1. The van der Waals surface area contributed by atoms with Crippen LogP contribution in [0.25, 0.3) is 0 Å². The summed E-state index contributed by atoms with van der Waals surface area (Å²) in [7, 11) is 0. The number of carboxylic acids is 1. The standard InChI is InChI=1S/C12H9NO6S/c14-9-6-20-12(18)13(9)5-10(15)19-8-4-2-1-3-7(8)11(16)17/h1-4H,5-6H2,(H,16,17). The van der Waals surface area contributed by atoms with Crippen LogP contribution < -0.4 is 4.74 Å². The first-order valence-corrected chi connectivity index (χ1v) is 6.47. The third kappa shape index (κ3) is 2.97. The number of carbonyl (C=O) groups is 4. The molecule has 1 aromatic rings. The van der Waals surface area contributed by atoms with Crippen LogP contribution in [0.4, 0.5) is 4.79 Å². The highest BCUT2D eigenvalue weighted by molar-refractivity contribution is 8.14. The second-order valence-electron chi connectivity index (χ2n) is 3.81. The Labute approximate surface area is 117 Å². The minimum atomic E-state index is -1.24. The van der Waals surface area contributed by atoms with Crippen LogP contribution in [-0.2, 0) is 9.59 Å². The zero-order chi connectivity index (χ0) is 14.7. The summed E-state index contributed by atoms with van der Waals surface area (Å²) in [5, 5.41) is 8.42. The Balaban J connectivity index is 2.07. The van der Waals surface area contributed by atoms with E-state index in [4.69, 9.17) is 9.84 Å². The first-order valence-electron chi connectivity index (χ1n) is 5.49. The van der Waals surface area contributed by atoms with E-state index in [9.17, 15) is 19.2 Å². The van der Waals surface area contributed by atoms with Crippen molar-refractivity contribution in [3.63, 3.8) is 0 Å². The molecule has 0 atom stereocenters. The lowest BCUT2D eigenvalue weighted by atomic mass is 10.2. The van der Waals surface area contributed by atoms with E-state index in [1.807, 2.05) is 0 Å². The molecule has 1 N–H and O–H groups in total. The van der Waals surface area contributed by atoms with Crippen LogP contribution in [-0.4, -0.2) is 45.4 Å². The quantitative estimate of drug-likeness (QED) is 0.652. The van der Waals surface area contributed by atoms with Crippen LogP contribution in [0, 0.1) is 0 Å². The van der Waals surface area contributed by atoms with E-state index in [-0.39, 0.29) is 17.1 Å². The molecule has 0 radical (unpaired) electrons. The molecule has 1 aliphatic heterocycles. The molecule has 1 aliphatic rings. The summed E-state index contributed by atoms with van der Waals surface area (Å²) in [6.45, 7) is -0.529. The Bertz CT molecular complexity index is 583. The summed E-state index contributed by atoms with van der Waals surface area (Å²) in [4.78, 5) is 46.0. The van der Waals surface area contributed by atoms with E-state index >= 15 is 0 Å². The van der Waals surface area contributed by atoms with Gasteiger partial charge in [0.05, 0.1) is 5.75 Å². The van der Waals surface area contributed by atoms with Gasteiger partial charge in [-0.15, -0.1) is 0 Å². The number of carboxylic acid groups (broad SMARTS) is 1. The Kier molecular flexibility index (Phi) is 4.04. The predicted molar refractivity (Wildman–Crippen MR) is 68.6 cm³/mol. The van der Waals surface area contributed by atoms with E-state index in [1.54, 1.807) is 0 Å².